The monoisotopic (exact) mass is 235 g/mol. The topological polar surface area (TPSA) is 124 Å². The molecule has 0 unspecified atom stereocenters. The van der Waals surface area contributed by atoms with Gasteiger partial charge in [0.05, 0.1) is 10.5 Å². The molecular weight excluding hydrogens is 230 g/mol. The second kappa shape index (κ2) is 3.96. The summed E-state index contributed by atoms with van der Waals surface area (Å²) in [4.78, 5) is 28.1. The zero-order chi connectivity index (χ0) is 12.4. The van der Waals surface area contributed by atoms with Crippen molar-refractivity contribution in [1.82, 2.24) is 19.7 Å². The van der Waals surface area contributed by atoms with Gasteiger partial charge < -0.3 is 5.11 Å². The normalized spacial score (nSPS) is 10.1. The average molecular weight is 235 g/mol. The summed E-state index contributed by atoms with van der Waals surface area (Å²) in [6.45, 7) is 0. The standard InChI is InChI=1S/C8H5N5O4/c14-8(15)5-1-6(13(16)17)7(10-2-5)12-4-9-3-11-12/h1-4H,(H,14,15). The Hall–Kier alpha value is -2.84. The Kier molecular flexibility index (Phi) is 2.49. The number of aromatic carboxylic acids is 1. The highest BCUT2D eigenvalue weighted by Crippen LogP contribution is 2.20. The maximum atomic E-state index is 10.8. The molecule has 17 heavy (non-hydrogen) atoms. The van der Waals surface area contributed by atoms with Crippen LogP contribution in [0.5, 0.6) is 0 Å². The van der Waals surface area contributed by atoms with Crippen molar-refractivity contribution < 1.29 is 14.8 Å². The summed E-state index contributed by atoms with van der Waals surface area (Å²) < 4.78 is 1.09. The highest BCUT2D eigenvalue weighted by atomic mass is 16.6. The van der Waals surface area contributed by atoms with Gasteiger partial charge in [0.1, 0.15) is 12.7 Å². The van der Waals surface area contributed by atoms with Crippen LogP contribution < -0.4 is 0 Å². The second-order valence-corrected chi connectivity index (χ2v) is 2.97. The van der Waals surface area contributed by atoms with Crippen molar-refractivity contribution in [2.24, 2.45) is 0 Å². The second-order valence-electron chi connectivity index (χ2n) is 2.97. The minimum Gasteiger partial charge on any atom is -0.478 e. The number of nitrogens with zero attached hydrogens (tertiary/aromatic N) is 5. The maximum Gasteiger partial charge on any atom is 0.337 e. The van der Waals surface area contributed by atoms with E-state index < -0.39 is 16.6 Å². The number of carboxylic acids is 1. The van der Waals surface area contributed by atoms with E-state index in [4.69, 9.17) is 5.11 Å². The van der Waals surface area contributed by atoms with E-state index in [9.17, 15) is 14.9 Å². The SMILES string of the molecule is O=C(O)c1cnc(-n2cncn2)c([N+](=O)[O-])c1. The fourth-order valence-corrected chi connectivity index (χ4v) is 1.19. The van der Waals surface area contributed by atoms with Gasteiger partial charge in [-0.1, -0.05) is 0 Å². The number of aromatic nitrogens is 4. The lowest BCUT2D eigenvalue weighted by Gasteiger charge is -2.01. The summed E-state index contributed by atoms with van der Waals surface area (Å²) in [5.74, 6) is -1.37. The Morgan fingerprint density at radius 3 is 2.82 bits per heavy atom. The summed E-state index contributed by atoms with van der Waals surface area (Å²) in [6.07, 6.45) is 3.44. The van der Waals surface area contributed by atoms with Crippen molar-refractivity contribution in [3.8, 4) is 5.82 Å². The lowest BCUT2D eigenvalue weighted by atomic mass is 10.2. The molecule has 1 N–H and O–H groups in total. The van der Waals surface area contributed by atoms with Gasteiger partial charge in [-0.15, -0.1) is 0 Å². The average Bonchev–Trinajstić information content (AvgIpc) is 2.81. The van der Waals surface area contributed by atoms with E-state index in [1.165, 1.54) is 12.7 Å². The van der Waals surface area contributed by atoms with E-state index in [2.05, 4.69) is 15.1 Å². The molecule has 0 aliphatic heterocycles. The van der Waals surface area contributed by atoms with Gasteiger partial charge in [0, 0.05) is 12.3 Å². The van der Waals surface area contributed by atoms with Gasteiger partial charge in [0.25, 0.3) is 0 Å². The van der Waals surface area contributed by atoms with Gasteiger partial charge in [-0.25, -0.2) is 14.8 Å². The van der Waals surface area contributed by atoms with Crippen molar-refractivity contribution in [1.29, 1.82) is 0 Å². The molecule has 2 rings (SSSR count). The fourth-order valence-electron chi connectivity index (χ4n) is 1.19. The first-order valence-electron chi connectivity index (χ1n) is 4.32. The van der Waals surface area contributed by atoms with Gasteiger partial charge in [-0.05, 0) is 0 Å². The summed E-state index contributed by atoms with van der Waals surface area (Å²) >= 11 is 0. The molecule has 2 aromatic rings. The number of pyridine rings is 1. The first kappa shape index (κ1) is 10.7. The van der Waals surface area contributed by atoms with Crippen LogP contribution in [0.4, 0.5) is 5.69 Å². The summed E-state index contributed by atoms with van der Waals surface area (Å²) in [7, 11) is 0. The number of hydrogen-bond donors (Lipinski definition) is 1. The number of rotatable bonds is 3. The van der Waals surface area contributed by atoms with Crippen LogP contribution in [0.3, 0.4) is 0 Å². The molecule has 0 aliphatic carbocycles. The van der Waals surface area contributed by atoms with Crippen molar-refractivity contribution in [2.75, 3.05) is 0 Å². The molecular formula is C8H5N5O4. The highest BCUT2D eigenvalue weighted by Gasteiger charge is 2.20. The third kappa shape index (κ3) is 1.93. The molecule has 9 nitrogen and oxygen atoms in total. The van der Waals surface area contributed by atoms with E-state index in [1.54, 1.807) is 0 Å². The van der Waals surface area contributed by atoms with E-state index in [0.29, 0.717) is 0 Å². The minimum absolute atomic E-state index is 0.0856. The molecule has 0 spiro atoms. The van der Waals surface area contributed by atoms with E-state index in [0.717, 1.165) is 16.9 Å². The molecule has 2 aromatic heterocycles. The lowest BCUT2D eigenvalue weighted by molar-refractivity contribution is -0.385. The summed E-state index contributed by atoms with van der Waals surface area (Å²) in [6, 6.07) is 0.923. The van der Waals surface area contributed by atoms with Crippen LogP contribution in [0, 0.1) is 10.1 Å². The first-order valence-corrected chi connectivity index (χ1v) is 4.32. The molecule has 0 saturated heterocycles. The van der Waals surface area contributed by atoms with Gasteiger partial charge in [-0.3, -0.25) is 10.1 Å². The Labute approximate surface area is 93.5 Å². The van der Waals surface area contributed by atoms with Crippen molar-refractivity contribution in [3.05, 3.63) is 40.6 Å². The van der Waals surface area contributed by atoms with Gasteiger partial charge >= 0.3 is 11.7 Å². The van der Waals surface area contributed by atoms with Crippen LogP contribution in [0.25, 0.3) is 5.82 Å². The molecule has 0 radical (unpaired) electrons. The maximum absolute atomic E-state index is 10.8. The molecule has 0 bridgehead atoms. The van der Waals surface area contributed by atoms with Crippen LogP contribution in [0.15, 0.2) is 24.9 Å². The zero-order valence-electron chi connectivity index (χ0n) is 8.22. The number of nitro groups is 1. The first-order chi connectivity index (χ1) is 8.09. The van der Waals surface area contributed by atoms with E-state index >= 15 is 0 Å². The lowest BCUT2D eigenvalue weighted by Crippen LogP contribution is -2.06. The summed E-state index contributed by atoms with van der Waals surface area (Å²) in [5.41, 5.74) is -0.712. The third-order valence-corrected chi connectivity index (χ3v) is 1.93. The molecule has 9 heteroatoms. The van der Waals surface area contributed by atoms with Crippen molar-refractivity contribution in [3.63, 3.8) is 0 Å². The quantitative estimate of drug-likeness (QED) is 0.597. The third-order valence-electron chi connectivity index (χ3n) is 1.93. The van der Waals surface area contributed by atoms with Crippen molar-refractivity contribution >= 4 is 11.7 Å². The van der Waals surface area contributed by atoms with Crippen LogP contribution in [-0.4, -0.2) is 35.7 Å². The Balaban J connectivity index is 2.61. The molecule has 2 heterocycles. The van der Waals surface area contributed by atoms with Crippen molar-refractivity contribution in [2.45, 2.75) is 0 Å². The smallest absolute Gasteiger partial charge is 0.337 e. The molecule has 0 amide bonds. The minimum atomic E-state index is -1.29. The number of carboxylic acid groups (broad SMARTS) is 1. The van der Waals surface area contributed by atoms with Gasteiger partial charge in [-0.2, -0.15) is 9.78 Å². The molecule has 0 aromatic carbocycles. The van der Waals surface area contributed by atoms with Crippen LogP contribution in [0.2, 0.25) is 0 Å². The Morgan fingerprint density at radius 2 is 2.29 bits per heavy atom. The largest absolute Gasteiger partial charge is 0.478 e. The summed E-state index contributed by atoms with van der Waals surface area (Å²) in [5, 5.41) is 23.2. The Morgan fingerprint density at radius 1 is 1.53 bits per heavy atom. The molecule has 0 aliphatic rings. The van der Waals surface area contributed by atoms with Crippen LogP contribution in [-0.2, 0) is 0 Å². The Bertz CT molecular complexity index is 580. The predicted molar refractivity (Wildman–Crippen MR) is 52.8 cm³/mol. The molecule has 0 fully saturated rings. The predicted octanol–water partition coefficient (Wildman–Crippen LogP) is 0.269. The molecule has 0 atom stereocenters. The van der Waals surface area contributed by atoms with Crippen LogP contribution in [0.1, 0.15) is 10.4 Å². The fraction of sp³-hybridized carbons (Fsp3) is 0. The van der Waals surface area contributed by atoms with E-state index in [-0.39, 0.29) is 11.4 Å². The number of hydrogen-bond acceptors (Lipinski definition) is 6. The van der Waals surface area contributed by atoms with E-state index in [1.807, 2.05) is 0 Å². The van der Waals surface area contributed by atoms with Gasteiger partial charge in [0.15, 0.2) is 0 Å². The molecule has 0 saturated carbocycles. The highest BCUT2D eigenvalue weighted by molar-refractivity contribution is 5.88. The zero-order valence-corrected chi connectivity index (χ0v) is 8.22. The number of carbonyl (C=O) groups is 1. The van der Waals surface area contributed by atoms with Crippen LogP contribution >= 0.6 is 0 Å². The van der Waals surface area contributed by atoms with Gasteiger partial charge in [0.2, 0.25) is 5.82 Å². The molecule has 86 valence electrons.